The molecule has 4 aromatic rings. The van der Waals surface area contributed by atoms with Crippen LogP contribution in [0.2, 0.25) is 0 Å². The third-order valence-corrected chi connectivity index (χ3v) is 8.71. The van der Waals surface area contributed by atoms with Crippen molar-refractivity contribution in [2.24, 2.45) is 4.99 Å². The maximum atomic E-state index is 14.0. The first-order chi connectivity index (χ1) is 19.4. The molecular formula is C31H25BrN2O5S. The van der Waals surface area contributed by atoms with E-state index in [0.29, 0.717) is 31.1 Å². The number of esters is 1. The van der Waals surface area contributed by atoms with Crippen LogP contribution in [-0.2, 0) is 11.2 Å². The Bertz CT molecular complexity index is 1890. The smallest absolute Gasteiger partial charge is 0.308 e. The number of hydrogen-bond acceptors (Lipinski definition) is 7. The lowest BCUT2D eigenvalue weighted by atomic mass is 9.83. The molecule has 0 spiro atoms. The highest BCUT2D eigenvalue weighted by Gasteiger charge is 2.33. The zero-order valence-electron chi connectivity index (χ0n) is 22.1. The lowest BCUT2D eigenvalue weighted by Crippen LogP contribution is -2.38. The molecule has 3 aromatic carbocycles. The van der Waals surface area contributed by atoms with Crippen LogP contribution in [-0.4, -0.2) is 24.8 Å². The number of carbonyl (C=O) groups excluding carboxylic acids is 1. The van der Waals surface area contributed by atoms with Crippen LogP contribution in [0.5, 0.6) is 17.2 Å². The van der Waals surface area contributed by atoms with Gasteiger partial charge in [-0.15, -0.1) is 0 Å². The number of fused-ring (bicyclic) bond motifs is 3. The molecule has 0 fully saturated rings. The van der Waals surface area contributed by atoms with Crippen LogP contribution in [0, 0.1) is 0 Å². The van der Waals surface area contributed by atoms with E-state index in [1.54, 1.807) is 24.9 Å². The van der Waals surface area contributed by atoms with Gasteiger partial charge in [0.25, 0.3) is 5.56 Å². The molecular weight excluding hydrogens is 592 g/mol. The van der Waals surface area contributed by atoms with Crippen LogP contribution in [0.1, 0.15) is 41.6 Å². The van der Waals surface area contributed by atoms with Crippen LogP contribution in [0.25, 0.3) is 11.8 Å². The maximum absolute atomic E-state index is 14.0. The number of nitrogens with zero attached hydrogens (tertiary/aromatic N) is 2. The zero-order chi connectivity index (χ0) is 28.0. The average Bonchev–Trinajstić information content (AvgIpc) is 3.26. The third kappa shape index (κ3) is 4.59. The van der Waals surface area contributed by atoms with Gasteiger partial charge in [-0.1, -0.05) is 47.7 Å². The second kappa shape index (κ2) is 10.6. The molecule has 6 rings (SSSR count). The predicted molar refractivity (Wildman–Crippen MR) is 158 cm³/mol. The highest BCUT2D eigenvalue weighted by molar-refractivity contribution is 9.10. The van der Waals surface area contributed by atoms with Gasteiger partial charge in [0.1, 0.15) is 5.75 Å². The van der Waals surface area contributed by atoms with Crippen molar-refractivity contribution in [3.05, 3.63) is 113 Å². The first kappa shape index (κ1) is 26.3. The number of halogens is 1. The summed E-state index contributed by atoms with van der Waals surface area (Å²) in [6, 6.07) is 19.2. The number of methoxy groups -OCH3 is 2. The van der Waals surface area contributed by atoms with Crippen LogP contribution >= 0.6 is 27.3 Å². The highest BCUT2D eigenvalue weighted by Crippen LogP contribution is 2.42. The summed E-state index contributed by atoms with van der Waals surface area (Å²) >= 11 is 4.82. The molecule has 202 valence electrons. The monoisotopic (exact) mass is 616 g/mol. The SMILES string of the molecule is COc1ccc([C@H]2C3=C(N=c4s/c(=C/c5ccc(OC(C)=O)c(Br)c5)c(=O)n42)c2ccccc2CC3)cc1OC. The second-order valence-corrected chi connectivity index (χ2v) is 11.4. The Labute approximate surface area is 242 Å². The van der Waals surface area contributed by atoms with E-state index in [4.69, 9.17) is 19.2 Å². The van der Waals surface area contributed by atoms with Gasteiger partial charge in [0.15, 0.2) is 16.3 Å². The van der Waals surface area contributed by atoms with Gasteiger partial charge in [-0.3, -0.25) is 14.2 Å². The maximum Gasteiger partial charge on any atom is 0.308 e. The van der Waals surface area contributed by atoms with Crippen LogP contribution in [0.15, 0.2) is 80.5 Å². The lowest BCUT2D eigenvalue weighted by Gasteiger charge is -2.31. The first-order valence-corrected chi connectivity index (χ1v) is 14.3. The summed E-state index contributed by atoms with van der Waals surface area (Å²) in [6.07, 6.45) is 3.51. The van der Waals surface area contributed by atoms with Crippen LogP contribution in [0.4, 0.5) is 0 Å². The molecule has 0 saturated carbocycles. The minimum absolute atomic E-state index is 0.117. The summed E-state index contributed by atoms with van der Waals surface area (Å²) in [5.74, 6) is 1.26. The molecule has 1 aliphatic carbocycles. The molecule has 9 heteroatoms. The molecule has 0 unspecified atom stereocenters. The van der Waals surface area contributed by atoms with E-state index in [0.717, 1.165) is 40.8 Å². The number of aromatic nitrogens is 1. The summed E-state index contributed by atoms with van der Waals surface area (Å²) in [5, 5.41) is 0. The number of rotatable bonds is 5. The van der Waals surface area contributed by atoms with Crippen molar-refractivity contribution in [3.8, 4) is 17.2 Å². The first-order valence-electron chi connectivity index (χ1n) is 12.7. The number of allylic oxidation sites excluding steroid dienone is 1. The van der Waals surface area contributed by atoms with Crippen molar-refractivity contribution in [2.75, 3.05) is 14.2 Å². The Balaban J connectivity index is 1.56. The lowest BCUT2D eigenvalue weighted by molar-refractivity contribution is -0.131. The fourth-order valence-corrected chi connectivity index (χ4v) is 6.82. The Kier molecular flexibility index (Phi) is 6.93. The van der Waals surface area contributed by atoms with Crippen LogP contribution < -0.4 is 29.1 Å². The third-order valence-electron chi connectivity index (χ3n) is 7.10. The standard InChI is InChI=1S/C31H25BrN2O5S/c1-17(35)39-24-12-8-18(14-23(24)32)15-27-30(36)34-29(20-10-13-25(37-2)26(16-20)38-3)22-11-9-19-6-4-5-7-21(19)28(22)33-31(34)40-27/h4-8,10,12-16,29H,9,11H2,1-3H3/b27-15+/t29-/m0/s1. The summed E-state index contributed by atoms with van der Waals surface area (Å²) in [4.78, 5) is 31.1. The van der Waals surface area contributed by atoms with Gasteiger partial charge in [-0.2, -0.15) is 0 Å². The minimum Gasteiger partial charge on any atom is -0.493 e. The number of hydrogen-bond donors (Lipinski definition) is 0. The van der Waals surface area contributed by atoms with E-state index >= 15 is 0 Å². The Morgan fingerprint density at radius 2 is 1.80 bits per heavy atom. The largest absolute Gasteiger partial charge is 0.493 e. The molecule has 2 aliphatic rings. The fraction of sp³-hybridized carbons (Fsp3) is 0.194. The number of ether oxygens (including phenoxy) is 3. The predicted octanol–water partition coefficient (Wildman–Crippen LogP) is 5.02. The van der Waals surface area contributed by atoms with Gasteiger partial charge in [-0.05, 0) is 81.4 Å². The molecule has 1 aliphatic heterocycles. The summed E-state index contributed by atoms with van der Waals surface area (Å²) < 4.78 is 19.3. The van der Waals surface area contributed by atoms with Gasteiger partial charge in [0, 0.05) is 12.5 Å². The molecule has 1 aromatic heterocycles. The molecule has 0 bridgehead atoms. The van der Waals surface area contributed by atoms with Gasteiger partial charge in [0.05, 0.1) is 35.0 Å². The van der Waals surface area contributed by atoms with Crippen molar-refractivity contribution >= 4 is 45.0 Å². The topological polar surface area (TPSA) is 79.1 Å². The van der Waals surface area contributed by atoms with E-state index < -0.39 is 5.97 Å². The average molecular weight is 618 g/mol. The van der Waals surface area contributed by atoms with Crippen molar-refractivity contribution in [3.63, 3.8) is 0 Å². The summed E-state index contributed by atoms with van der Waals surface area (Å²) in [6.45, 7) is 1.36. The molecule has 0 amide bonds. The molecule has 40 heavy (non-hydrogen) atoms. The number of benzene rings is 3. The van der Waals surface area contributed by atoms with E-state index in [1.807, 2.05) is 42.5 Å². The number of thiazole rings is 1. The summed E-state index contributed by atoms with van der Waals surface area (Å²) in [5.41, 5.74) is 6.02. The Hall–Kier alpha value is -3.95. The second-order valence-electron chi connectivity index (χ2n) is 9.51. The van der Waals surface area contributed by atoms with Crippen molar-refractivity contribution in [1.82, 2.24) is 4.57 Å². The Morgan fingerprint density at radius 1 is 1.02 bits per heavy atom. The van der Waals surface area contributed by atoms with Gasteiger partial charge in [-0.25, -0.2) is 4.99 Å². The molecule has 1 atom stereocenters. The zero-order valence-corrected chi connectivity index (χ0v) is 24.5. The Morgan fingerprint density at radius 3 is 2.55 bits per heavy atom. The van der Waals surface area contributed by atoms with E-state index in [1.165, 1.54) is 23.8 Å². The fourth-order valence-electron chi connectivity index (χ4n) is 5.34. The van der Waals surface area contributed by atoms with Crippen molar-refractivity contribution in [1.29, 1.82) is 0 Å². The van der Waals surface area contributed by atoms with Crippen molar-refractivity contribution in [2.45, 2.75) is 25.8 Å². The normalized spacial score (nSPS) is 16.0. The van der Waals surface area contributed by atoms with Gasteiger partial charge >= 0.3 is 5.97 Å². The minimum atomic E-state index is -0.400. The molecule has 2 heterocycles. The number of carbonyl (C=O) groups is 1. The van der Waals surface area contributed by atoms with E-state index in [-0.39, 0.29) is 11.6 Å². The van der Waals surface area contributed by atoms with Gasteiger partial charge in [0.2, 0.25) is 0 Å². The highest BCUT2D eigenvalue weighted by atomic mass is 79.9. The molecule has 7 nitrogen and oxygen atoms in total. The molecule has 0 N–H and O–H groups in total. The van der Waals surface area contributed by atoms with E-state index in [2.05, 4.69) is 34.1 Å². The molecule has 0 radical (unpaired) electrons. The van der Waals surface area contributed by atoms with Crippen LogP contribution in [0.3, 0.4) is 0 Å². The quantitative estimate of drug-likeness (QED) is 0.232. The van der Waals surface area contributed by atoms with Crippen molar-refractivity contribution < 1.29 is 19.0 Å². The number of aryl methyl sites for hydroxylation is 1. The van der Waals surface area contributed by atoms with Gasteiger partial charge < -0.3 is 14.2 Å². The summed E-state index contributed by atoms with van der Waals surface area (Å²) in [7, 11) is 3.22. The van der Waals surface area contributed by atoms with E-state index in [9.17, 15) is 9.59 Å². The molecule has 0 saturated heterocycles.